The van der Waals surface area contributed by atoms with Crippen LogP contribution in [0.2, 0.25) is 0 Å². The molecule has 1 aromatic carbocycles. The molecule has 1 aliphatic heterocycles. The van der Waals surface area contributed by atoms with E-state index in [1.807, 2.05) is 37.8 Å². The molecule has 4 heteroatoms. The van der Waals surface area contributed by atoms with E-state index in [-0.39, 0.29) is 17.7 Å². The van der Waals surface area contributed by atoms with Gasteiger partial charge in [0, 0.05) is 18.7 Å². The van der Waals surface area contributed by atoms with Crippen molar-refractivity contribution < 1.29 is 9.59 Å². The minimum absolute atomic E-state index is 0.0485. The Balaban J connectivity index is 2.04. The maximum absolute atomic E-state index is 12.8. The zero-order chi connectivity index (χ0) is 17.0. The lowest BCUT2D eigenvalue weighted by molar-refractivity contribution is -0.135. The van der Waals surface area contributed by atoms with Crippen molar-refractivity contribution in [3.8, 4) is 0 Å². The monoisotopic (exact) mass is 316 g/mol. The van der Waals surface area contributed by atoms with Gasteiger partial charge in [-0.2, -0.15) is 0 Å². The molecule has 0 spiro atoms. The number of amides is 2. The first-order chi connectivity index (χ1) is 10.9. The largest absolute Gasteiger partial charge is 0.341 e. The molecule has 1 heterocycles. The SMILES string of the molecule is Cc1ccc(C(=O)N[C@H](C(=O)N2CCC(C)CC2)C(C)C)cc1. The van der Waals surface area contributed by atoms with Crippen LogP contribution in [0.1, 0.15) is 49.5 Å². The van der Waals surface area contributed by atoms with Gasteiger partial charge in [0.05, 0.1) is 0 Å². The molecule has 23 heavy (non-hydrogen) atoms. The third kappa shape index (κ3) is 4.57. The summed E-state index contributed by atoms with van der Waals surface area (Å²) in [5, 5.41) is 2.93. The van der Waals surface area contributed by atoms with Gasteiger partial charge in [0.2, 0.25) is 5.91 Å². The first kappa shape index (κ1) is 17.5. The Hall–Kier alpha value is -1.84. The van der Waals surface area contributed by atoms with E-state index in [9.17, 15) is 9.59 Å². The zero-order valence-corrected chi connectivity index (χ0v) is 14.6. The van der Waals surface area contributed by atoms with Crippen LogP contribution in [-0.2, 0) is 4.79 Å². The quantitative estimate of drug-likeness (QED) is 0.928. The number of rotatable bonds is 4. The molecule has 2 amide bonds. The van der Waals surface area contributed by atoms with Gasteiger partial charge < -0.3 is 10.2 Å². The molecule has 0 saturated carbocycles. The highest BCUT2D eigenvalue weighted by molar-refractivity contribution is 5.97. The maximum atomic E-state index is 12.8. The second-order valence-corrected chi connectivity index (χ2v) is 7.07. The van der Waals surface area contributed by atoms with E-state index in [4.69, 9.17) is 0 Å². The molecule has 0 radical (unpaired) electrons. The van der Waals surface area contributed by atoms with Crippen molar-refractivity contribution in [1.82, 2.24) is 10.2 Å². The first-order valence-corrected chi connectivity index (χ1v) is 8.54. The minimum Gasteiger partial charge on any atom is -0.341 e. The third-order valence-corrected chi connectivity index (χ3v) is 4.63. The summed E-state index contributed by atoms with van der Waals surface area (Å²) >= 11 is 0. The van der Waals surface area contributed by atoms with Crippen molar-refractivity contribution in [1.29, 1.82) is 0 Å². The molecule has 1 N–H and O–H groups in total. The van der Waals surface area contributed by atoms with E-state index >= 15 is 0 Å². The molecule has 1 aliphatic rings. The molecule has 1 saturated heterocycles. The number of hydrogen-bond donors (Lipinski definition) is 1. The molecular formula is C19H28N2O2. The van der Waals surface area contributed by atoms with Gasteiger partial charge in [0.25, 0.3) is 5.91 Å². The smallest absolute Gasteiger partial charge is 0.251 e. The highest BCUT2D eigenvalue weighted by Crippen LogP contribution is 2.18. The second-order valence-electron chi connectivity index (χ2n) is 7.07. The summed E-state index contributed by atoms with van der Waals surface area (Å²) < 4.78 is 0. The summed E-state index contributed by atoms with van der Waals surface area (Å²) in [6, 6.07) is 6.96. The van der Waals surface area contributed by atoms with Gasteiger partial charge in [-0.25, -0.2) is 0 Å². The lowest BCUT2D eigenvalue weighted by Crippen LogP contribution is -2.52. The van der Waals surface area contributed by atoms with Gasteiger partial charge in [0.15, 0.2) is 0 Å². The van der Waals surface area contributed by atoms with Crippen LogP contribution < -0.4 is 5.32 Å². The molecule has 0 aliphatic carbocycles. The van der Waals surface area contributed by atoms with Gasteiger partial charge in [-0.1, -0.05) is 38.5 Å². The Kier molecular flexibility index (Phi) is 5.80. The maximum Gasteiger partial charge on any atom is 0.251 e. The lowest BCUT2D eigenvalue weighted by atomic mass is 9.96. The molecule has 1 aromatic rings. The van der Waals surface area contributed by atoms with Gasteiger partial charge in [-0.3, -0.25) is 9.59 Å². The minimum atomic E-state index is -0.461. The van der Waals surface area contributed by atoms with Crippen LogP contribution in [0.5, 0.6) is 0 Å². The predicted octanol–water partition coefficient (Wildman–Crippen LogP) is 3.01. The number of piperidine rings is 1. The summed E-state index contributed by atoms with van der Waals surface area (Å²) in [5.41, 5.74) is 1.71. The van der Waals surface area contributed by atoms with Crippen molar-refractivity contribution in [3.05, 3.63) is 35.4 Å². The normalized spacial score (nSPS) is 17.2. The number of nitrogens with zero attached hydrogens (tertiary/aromatic N) is 1. The van der Waals surface area contributed by atoms with Crippen LogP contribution in [0.3, 0.4) is 0 Å². The van der Waals surface area contributed by atoms with Gasteiger partial charge in [0.1, 0.15) is 6.04 Å². The fourth-order valence-corrected chi connectivity index (χ4v) is 2.87. The predicted molar refractivity (Wildman–Crippen MR) is 92.2 cm³/mol. The number of carbonyl (C=O) groups excluding carboxylic acids is 2. The molecule has 4 nitrogen and oxygen atoms in total. The van der Waals surface area contributed by atoms with E-state index in [1.54, 1.807) is 12.1 Å². The molecule has 0 bridgehead atoms. The van der Waals surface area contributed by atoms with Crippen molar-refractivity contribution >= 4 is 11.8 Å². The fourth-order valence-electron chi connectivity index (χ4n) is 2.87. The van der Waals surface area contributed by atoms with Crippen molar-refractivity contribution in [3.63, 3.8) is 0 Å². The summed E-state index contributed by atoms with van der Waals surface area (Å²) in [6.45, 7) is 9.75. The van der Waals surface area contributed by atoms with E-state index < -0.39 is 6.04 Å². The Morgan fingerprint density at radius 1 is 1.13 bits per heavy atom. The third-order valence-electron chi connectivity index (χ3n) is 4.63. The van der Waals surface area contributed by atoms with Crippen LogP contribution in [0.15, 0.2) is 24.3 Å². The Bertz CT molecular complexity index is 543. The number of likely N-dealkylation sites (tertiary alicyclic amines) is 1. The fraction of sp³-hybridized carbons (Fsp3) is 0.579. The number of nitrogens with one attached hydrogen (secondary N) is 1. The van der Waals surface area contributed by atoms with Crippen LogP contribution in [0.4, 0.5) is 0 Å². The number of aryl methyl sites for hydroxylation is 1. The average Bonchev–Trinajstić information content (AvgIpc) is 2.53. The molecule has 0 unspecified atom stereocenters. The van der Waals surface area contributed by atoms with Crippen LogP contribution in [-0.4, -0.2) is 35.8 Å². The number of benzene rings is 1. The molecule has 0 aromatic heterocycles. The molecule has 1 atom stereocenters. The van der Waals surface area contributed by atoms with Crippen molar-refractivity contribution in [2.45, 2.75) is 46.6 Å². The average molecular weight is 316 g/mol. The highest BCUT2D eigenvalue weighted by Gasteiger charge is 2.30. The highest BCUT2D eigenvalue weighted by atomic mass is 16.2. The Morgan fingerprint density at radius 3 is 2.22 bits per heavy atom. The summed E-state index contributed by atoms with van der Waals surface area (Å²) in [4.78, 5) is 27.1. The Labute approximate surface area is 139 Å². The van der Waals surface area contributed by atoms with Gasteiger partial charge in [-0.05, 0) is 43.7 Å². The Morgan fingerprint density at radius 2 is 1.70 bits per heavy atom. The zero-order valence-electron chi connectivity index (χ0n) is 14.6. The van der Waals surface area contributed by atoms with Crippen LogP contribution in [0.25, 0.3) is 0 Å². The second kappa shape index (κ2) is 7.62. The topological polar surface area (TPSA) is 49.4 Å². The number of hydrogen-bond acceptors (Lipinski definition) is 2. The summed E-state index contributed by atoms with van der Waals surface area (Å²) in [6.07, 6.45) is 2.09. The van der Waals surface area contributed by atoms with Crippen molar-refractivity contribution in [2.24, 2.45) is 11.8 Å². The van der Waals surface area contributed by atoms with Crippen LogP contribution >= 0.6 is 0 Å². The van der Waals surface area contributed by atoms with E-state index in [1.165, 1.54) is 0 Å². The van der Waals surface area contributed by atoms with Crippen LogP contribution in [0, 0.1) is 18.8 Å². The molecule has 1 fully saturated rings. The van der Waals surface area contributed by atoms with E-state index in [0.29, 0.717) is 11.5 Å². The summed E-state index contributed by atoms with van der Waals surface area (Å²) in [7, 11) is 0. The van der Waals surface area contributed by atoms with Gasteiger partial charge >= 0.3 is 0 Å². The molecule has 2 rings (SSSR count). The standard InChI is InChI=1S/C19H28N2O2/c1-13(2)17(19(23)21-11-9-15(4)10-12-21)20-18(22)16-7-5-14(3)6-8-16/h5-8,13,15,17H,9-12H2,1-4H3,(H,20,22)/t17-/m0/s1. The molecular weight excluding hydrogens is 288 g/mol. The summed E-state index contributed by atoms with van der Waals surface area (Å²) in [5.74, 6) is 0.615. The van der Waals surface area contributed by atoms with E-state index in [0.717, 1.165) is 31.5 Å². The van der Waals surface area contributed by atoms with Crippen molar-refractivity contribution in [2.75, 3.05) is 13.1 Å². The number of carbonyl (C=O) groups is 2. The van der Waals surface area contributed by atoms with Gasteiger partial charge in [-0.15, -0.1) is 0 Å². The lowest BCUT2D eigenvalue weighted by Gasteiger charge is -2.34. The molecule has 126 valence electrons. The first-order valence-electron chi connectivity index (χ1n) is 8.54. The van der Waals surface area contributed by atoms with E-state index in [2.05, 4.69) is 12.2 Å².